The monoisotopic (exact) mass is 283 g/mol. The van der Waals surface area contributed by atoms with Crippen molar-refractivity contribution in [1.29, 1.82) is 0 Å². The van der Waals surface area contributed by atoms with E-state index in [0.717, 1.165) is 3.63 Å². The fraction of sp³-hybridized carbons (Fsp3) is 0.556. The van der Waals surface area contributed by atoms with Crippen LogP contribution in [0.3, 0.4) is 0 Å². The fourth-order valence-electron chi connectivity index (χ4n) is 1.12. The standard InChI is InChI=1S/C9H13.2ClH.Zr/c1-2-3-6-9-7-4-5-8-9;;;/h4-5,7-8H,2-3,6H2,1H3;2*1H;. The van der Waals surface area contributed by atoms with Crippen molar-refractivity contribution in [1.82, 2.24) is 0 Å². The van der Waals surface area contributed by atoms with Gasteiger partial charge >= 0.3 is 78.3 Å². The van der Waals surface area contributed by atoms with Crippen molar-refractivity contribution in [2.24, 2.45) is 0 Å². The van der Waals surface area contributed by atoms with Gasteiger partial charge in [0, 0.05) is 0 Å². The number of allylic oxidation sites excluding steroid dienone is 4. The minimum Gasteiger partial charge on any atom is -0.147 e. The molecule has 0 nitrogen and oxygen atoms in total. The van der Waals surface area contributed by atoms with E-state index >= 15 is 0 Å². The molecule has 0 bridgehead atoms. The van der Waals surface area contributed by atoms with Gasteiger partial charge < -0.3 is 0 Å². The molecule has 0 radical (unpaired) electrons. The first-order chi connectivity index (χ1) is 4.83. The Balaban J connectivity index is 0. The maximum Gasteiger partial charge on any atom is -0.147 e. The topological polar surface area (TPSA) is 0 Å². The Hall–Kier alpha value is 0.943. The first-order valence-corrected chi connectivity index (χ1v) is 5.35. The molecule has 1 rings (SSSR count). The number of hydrogen-bond acceptors (Lipinski definition) is 0. The predicted octanol–water partition coefficient (Wildman–Crippen LogP) is 3.85. The fourth-order valence-corrected chi connectivity index (χ4v) is 1.88. The summed E-state index contributed by atoms with van der Waals surface area (Å²) in [5.41, 5.74) is 1.56. The van der Waals surface area contributed by atoms with Gasteiger partial charge in [0.2, 0.25) is 0 Å². The zero-order valence-electron chi connectivity index (χ0n) is 7.25. The second-order valence-corrected chi connectivity index (χ2v) is 4.37. The maximum absolute atomic E-state index is 2.40. The Morgan fingerprint density at radius 1 is 1.42 bits per heavy atom. The Bertz CT molecular complexity index is 164. The summed E-state index contributed by atoms with van der Waals surface area (Å²) in [6.45, 7) is 2.24. The average Bonchev–Trinajstić information content (AvgIpc) is 2.31. The molecule has 1 atom stereocenters. The zero-order chi connectivity index (χ0) is 7.40. The van der Waals surface area contributed by atoms with Crippen LogP contribution in [0.25, 0.3) is 0 Å². The third-order valence-electron chi connectivity index (χ3n) is 1.73. The van der Waals surface area contributed by atoms with Gasteiger partial charge in [-0.15, -0.1) is 24.8 Å². The van der Waals surface area contributed by atoms with Crippen LogP contribution in [0.15, 0.2) is 23.8 Å². The van der Waals surface area contributed by atoms with Gasteiger partial charge in [0.25, 0.3) is 0 Å². The van der Waals surface area contributed by atoms with Crippen molar-refractivity contribution >= 4 is 24.8 Å². The van der Waals surface area contributed by atoms with E-state index in [4.69, 9.17) is 0 Å². The van der Waals surface area contributed by atoms with Crippen LogP contribution in [-0.4, -0.2) is 0 Å². The van der Waals surface area contributed by atoms with Gasteiger partial charge in [-0.2, -0.15) is 0 Å². The van der Waals surface area contributed by atoms with Crippen molar-refractivity contribution in [2.45, 2.75) is 29.8 Å². The largest absolute Gasteiger partial charge is 0.147 e. The van der Waals surface area contributed by atoms with Crippen LogP contribution in [0.5, 0.6) is 0 Å². The van der Waals surface area contributed by atoms with E-state index in [2.05, 4.69) is 25.2 Å². The Kier molecular flexibility index (Phi) is 11.0. The number of unbranched alkanes of at least 4 members (excludes halogenated alkanes) is 1. The molecule has 0 saturated heterocycles. The third kappa shape index (κ3) is 5.57. The van der Waals surface area contributed by atoms with Crippen LogP contribution >= 0.6 is 24.8 Å². The summed E-state index contributed by atoms with van der Waals surface area (Å²) >= 11 is 1.62. The molecule has 0 spiro atoms. The van der Waals surface area contributed by atoms with E-state index in [9.17, 15) is 0 Å². The van der Waals surface area contributed by atoms with Gasteiger partial charge in [-0.1, -0.05) is 0 Å². The van der Waals surface area contributed by atoms with E-state index in [1.165, 1.54) is 19.3 Å². The minimum atomic E-state index is 0. The normalized spacial score (nSPS) is 19.3. The maximum atomic E-state index is 2.40. The van der Waals surface area contributed by atoms with Crippen LogP contribution < -0.4 is 0 Å². The molecular weight excluding hydrogens is 270 g/mol. The van der Waals surface area contributed by atoms with Crippen LogP contribution in [0.4, 0.5) is 0 Å². The second kappa shape index (κ2) is 8.54. The second-order valence-electron chi connectivity index (χ2n) is 2.73. The number of halogens is 2. The van der Waals surface area contributed by atoms with Gasteiger partial charge in [0.15, 0.2) is 0 Å². The molecule has 0 heterocycles. The van der Waals surface area contributed by atoms with E-state index in [1.54, 1.807) is 30.3 Å². The zero-order valence-corrected chi connectivity index (χ0v) is 11.3. The van der Waals surface area contributed by atoms with Crippen molar-refractivity contribution in [3.8, 4) is 0 Å². The molecule has 12 heavy (non-hydrogen) atoms. The van der Waals surface area contributed by atoms with Gasteiger partial charge in [-0.05, 0) is 0 Å². The Morgan fingerprint density at radius 3 is 2.50 bits per heavy atom. The van der Waals surface area contributed by atoms with E-state index in [0.29, 0.717) is 0 Å². The Labute approximate surface area is 103 Å². The number of hydrogen-bond donors (Lipinski definition) is 0. The molecule has 0 fully saturated rings. The van der Waals surface area contributed by atoms with E-state index < -0.39 is 0 Å². The van der Waals surface area contributed by atoms with Crippen LogP contribution in [0.1, 0.15) is 26.2 Å². The van der Waals surface area contributed by atoms with Crippen LogP contribution in [-0.2, 0) is 24.7 Å². The molecule has 0 amide bonds. The molecule has 0 N–H and O–H groups in total. The van der Waals surface area contributed by atoms with Crippen molar-refractivity contribution in [2.75, 3.05) is 0 Å². The van der Waals surface area contributed by atoms with Gasteiger partial charge in [-0.3, -0.25) is 0 Å². The minimum absolute atomic E-state index is 0. The smallest absolute Gasteiger partial charge is 0.147 e. The van der Waals surface area contributed by atoms with Crippen LogP contribution in [0, 0.1) is 0 Å². The molecular formula is C9H15Cl2Zr. The molecule has 1 unspecified atom stereocenters. The molecule has 0 aromatic rings. The predicted molar refractivity (Wildman–Crippen MR) is 55.0 cm³/mol. The quantitative estimate of drug-likeness (QED) is 0.739. The van der Waals surface area contributed by atoms with Crippen molar-refractivity contribution < 1.29 is 24.7 Å². The summed E-state index contributed by atoms with van der Waals surface area (Å²) in [5, 5.41) is 0. The molecule has 0 aromatic heterocycles. The van der Waals surface area contributed by atoms with E-state index in [-0.39, 0.29) is 24.8 Å². The summed E-state index contributed by atoms with van der Waals surface area (Å²) in [4.78, 5) is 0. The molecule has 3 heteroatoms. The molecule has 69 valence electrons. The Morgan fingerprint density at radius 2 is 2.08 bits per heavy atom. The van der Waals surface area contributed by atoms with Crippen molar-refractivity contribution in [3.63, 3.8) is 0 Å². The average molecular weight is 285 g/mol. The first-order valence-electron chi connectivity index (χ1n) is 3.93. The summed E-state index contributed by atoms with van der Waals surface area (Å²) < 4.78 is 0.777. The van der Waals surface area contributed by atoms with Crippen molar-refractivity contribution in [3.05, 3.63) is 23.8 Å². The summed E-state index contributed by atoms with van der Waals surface area (Å²) in [5.74, 6) is 0. The first kappa shape index (κ1) is 15.4. The van der Waals surface area contributed by atoms with Gasteiger partial charge in [0.1, 0.15) is 0 Å². The molecule has 0 aromatic carbocycles. The van der Waals surface area contributed by atoms with E-state index in [1.807, 2.05) is 0 Å². The molecule has 0 aliphatic heterocycles. The SMILES string of the molecule is CCCCC1=C[CH]([Zr])C=C1.Cl.Cl. The summed E-state index contributed by atoms with van der Waals surface area (Å²) in [6.07, 6.45) is 10.9. The summed E-state index contributed by atoms with van der Waals surface area (Å²) in [7, 11) is 0. The van der Waals surface area contributed by atoms with Gasteiger partial charge in [0.05, 0.1) is 0 Å². The summed E-state index contributed by atoms with van der Waals surface area (Å²) in [6, 6.07) is 0. The molecule has 0 saturated carbocycles. The van der Waals surface area contributed by atoms with Gasteiger partial charge in [-0.25, -0.2) is 0 Å². The molecule has 1 aliphatic carbocycles. The third-order valence-corrected chi connectivity index (χ3v) is 2.61. The number of rotatable bonds is 3. The van der Waals surface area contributed by atoms with Crippen LogP contribution in [0.2, 0.25) is 3.63 Å². The molecule has 1 aliphatic rings.